The summed E-state index contributed by atoms with van der Waals surface area (Å²) in [4.78, 5) is 4.74. The lowest BCUT2D eigenvalue weighted by Gasteiger charge is -2.13. The first-order valence-electron chi connectivity index (χ1n) is 9.55. The fraction of sp³-hybridized carbons (Fsp3) is 0.476. The summed E-state index contributed by atoms with van der Waals surface area (Å²) in [5, 5.41) is 9.22. The third-order valence-electron chi connectivity index (χ3n) is 4.49. The third-order valence-corrected chi connectivity index (χ3v) is 4.49. The molecule has 2 aromatic carbocycles. The zero-order chi connectivity index (χ0) is 18.0. The van der Waals surface area contributed by atoms with Crippen LogP contribution >= 0.6 is 0 Å². The zero-order valence-electron chi connectivity index (χ0n) is 15.5. The minimum atomic E-state index is 0.281. The molecule has 0 aromatic heterocycles. The number of fused-ring (bicyclic) bond motifs is 1. The molecule has 3 rings (SSSR count). The summed E-state index contributed by atoms with van der Waals surface area (Å²) in [5.41, 5.74) is 1.24. The molecule has 2 aromatic rings. The van der Waals surface area contributed by atoms with Crippen molar-refractivity contribution in [2.24, 2.45) is 4.99 Å². The topological polar surface area (TPSA) is 54.9 Å². The fourth-order valence-corrected chi connectivity index (χ4v) is 3.11. The smallest absolute Gasteiger partial charge is 0.191 e. The van der Waals surface area contributed by atoms with Gasteiger partial charge in [-0.1, -0.05) is 42.5 Å². The summed E-state index contributed by atoms with van der Waals surface area (Å²) in [6.45, 7) is 6.75. The number of ether oxygens (including phenoxy) is 2. The van der Waals surface area contributed by atoms with Gasteiger partial charge in [0.15, 0.2) is 5.96 Å². The van der Waals surface area contributed by atoms with Crippen molar-refractivity contribution in [3.05, 3.63) is 48.0 Å². The van der Waals surface area contributed by atoms with Crippen LogP contribution in [0.25, 0.3) is 10.8 Å². The Hall–Kier alpha value is -2.11. The maximum atomic E-state index is 5.80. The number of guanidine groups is 1. The number of aliphatic imine (C=N–C) groups is 1. The summed E-state index contributed by atoms with van der Waals surface area (Å²) < 4.78 is 11.1. The summed E-state index contributed by atoms with van der Waals surface area (Å²) in [6.07, 6.45) is 2.25. The number of hydrogen-bond acceptors (Lipinski definition) is 3. The molecule has 1 fully saturated rings. The second-order valence-electron chi connectivity index (χ2n) is 6.47. The Balaban J connectivity index is 1.49. The van der Waals surface area contributed by atoms with E-state index in [1.54, 1.807) is 0 Å². The van der Waals surface area contributed by atoms with Gasteiger partial charge >= 0.3 is 0 Å². The van der Waals surface area contributed by atoms with E-state index in [9.17, 15) is 0 Å². The van der Waals surface area contributed by atoms with Crippen LogP contribution in [0.5, 0.6) is 0 Å². The molecule has 1 heterocycles. The summed E-state index contributed by atoms with van der Waals surface area (Å²) in [7, 11) is 0. The number of rotatable bonds is 8. The van der Waals surface area contributed by atoms with Gasteiger partial charge < -0.3 is 20.1 Å². The van der Waals surface area contributed by atoms with Crippen LogP contribution in [0.4, 0.5) is 0 Å². The Bertz CT molecular complexity index is 706. The molecule has 5 nitrogen and oxygen atoms in total. The molecule has 1 saturated heterocycles. The van der Waals surface area contributed by atoms with Crippen LogP contribution in [-0.4, -0.2) is 45.0 Å². The predicted octanol–water partition coefficient (Wildman–Crippen LogP) is 3.09. The first-order valence-corrected chi connectivity index (χ1v) is 9.55. The van der Waals surface area contributed by atoms with Crippen LogP contribution in [0.3, 0.4) is 0 Å². The Labute approximate surface area is 155 Å². The lowest BCUT2D eigenvalue weighted by atomic mass is 10.1. The van der Waals surface area contributed by atoms with E-state index in [4.69, 9.17) is 14.5 Å². The molecule has 0 aliphatic carbocycles. The highest BCUT2D eigenvalue weighted by molar-refractivity contribution is 5.86. The molecular formula is C21H29N3O2. The highest BCUT2D eigenvalue weighted by atomic mass is 16.5. The number of hydrogen-bond donors (Lipinski definition) is 2. The van der Waals surface area contributed by atoms with Gasteiger partial charge in [-0.05, 0) is 36.1 Å². The van der Waals surface area contributed by atoms with Gasteiger partial charge in [-0.25, -0.2) is 4.99 Å². The van der Waals surface area contributed by atoms with Crippen LogP contribution in [0, 0.1) is 0 Å². The van der Waals surface area contributed by atoms with Crippen molar-refractivity contribution in [2.45, 2.75) is 32.4 Å². The highest BCUT2D eigenvalue weighted by Crippen LogP contribution is 2.19. The van der Waals surface area contributed by atoms with Crippen LogP contribution in [0.15, 0.2) is 47.5 Å². The quantitative estimate of drug-likeness (QED) is 0.434. The maximum Gasteiger partial charge on any atom is 0.191 e. The Morgan fingerprint density at radius 3 is 2.92 bits per heavy atom. The van der Waals surface area contributed by atoms with E-state index in [1.807, 2.05) is 0 Å². The standard InChI is InChI=1S/C21H29N3O2/c1-2-22-21(23-12-6-13-26-19-11-14-25-16-19)24-15-18-9-5-8-17-7-3-4-10-20(17)18/h3-5,7-10,19H,2,6,11-16H2,1H3,(H2,22,23,24). The minimum Gasteiger partial charge on any atom is -0.379 e. The molecule has 2 N–H and O–H groups in total. The first kappa shape index (κ1) is 18.7. The van der Waals surface area contributed by atoms with Gasteiger partial charge in [0.2, 0.25) is 0 Å². The molecule has 1 aliphatic heterocycles. The monoisotopic (exact) mass is 355 g/mol. The van der Waals surface area contributed by atoms with Crippen LogP contribution in [0.1, 0.15) is 25.3 Å². The van der Waals surface area contributed by atoms with Crippen molar-refractivity contribution < 1.29 is 9.47 Å². The number of nitrogens with zero attached hydrogens (tertiary/aromatic N) is 1. The Morgan fingerprint density at radius 1 is 1.19 bits per heavy atom. The summed E-state index contributed by atoms with van der Waals surface area (Å²) >= 11 is 0. The van der Waals surface area contributed by atoms with Gasteiger partial charge in [0.25, 0.3) is 0 Å². The molecule has 0 amide bonds. The molecule has 0 spiro atoms. The van der Waals surface area contributed by atoms with Gasteiger partial charge in [-0.15, -0.1) is 0 Å². The lowest BCUT2D eigenvalue weighted by Crippen LogP contribution is -2.38. The average molecular weight is 355 g/mol. The van der Waals surface area contributed by atoms with Gasteiger partial charge in [0.05, 0.1) is 19.3 Å². The molecule has 26 heavy (non-hydrogen) atoms. The van der Waals surface area contributed by atoms with Crippen LogP contribution in [-0.2, 0) is 16.0 Å². The van der Waals surface area contributed by atoms with E-state index in [0.29, 0.717) is 6.54 Å². The van der Waals surface area contributed by atoms with Crippen molar-refractivity contribution in [1.29, 1.82) is 0 Å². The van der Waals surface area contributed by atoms with Crippen LogP contribution < -0.4 is 10.6 Å². The van der Waals surface area contributed by atoms with Crippen molar-refractivity contribution in [2.75, 3.05) is 32.9 Å². The molecule has 1 unspecified atom stereocenters. The molecule has 0 saturated carbocycles. The minimum absolute atomic E-state index is 0.281. The largest absolute Gasteiger partial charge is 0.379 e. The van der Waals surface area contributed by atoms with Gasteiger partial charge in [-0.2, -0.15) is 0 Å². The summed E-state index contributed by atoms with van der Waals surface area (Å²) in [5.74, 6) is 0.852. The SMILES string of the molecule is CCNC(=NCc1cccc2ccccc12)NCCCOC1CCOC1. The molecular weight excluding hydrogens is 326 g/mol. The fourth-order valence-electron chi connectivity index (χ4n) is 3.11. The van der Waals surface area contributed by atoms with E-state index < -0.39 is 0 Å². The van der Waals surface area contributed by atoms with Crippen molar-refractivity contribution in [3.8, 4) is 0 Å². The molecule has 1 aliphatic rings. The van der Waals surface area contributed by atoms with E-state index in [2.05, 4.69) is 60.0 Å². The molecule has 0 radical (unpaired) electrons. The predicted molar refractivity (Wildman–Crippen MR) is 107 cm³/mol. The highest BCUT2D eigenvalue weighted by Gasteiger charge is 2.15. The van der Waals surface area contributed by atoms with Crippen molar-refractivity contribution in [3.63, 3.8) is 0 Å². The third kappa shape index (κ3) is 5.44. The molecule has 0 bridgehead atoms. The number of nitrogens with one attached hydrogen (secondary N) is 2. The van der Waals surface area contributed by atoms with Crippen molar-refractivity contribution >= 4 is 16.7 Å². The van der Waals surface area contributed by atoms with E-state index in [0.717, 1.165) is 51.7 Å². The van der Waals surface area contributed by atoms with E-state index in [-0.39, 0.29) is 6.10 Å². The van der Waals surface area contributed by atoms with Crippen molar-refractivity contribution in [1.82, 2.24) is 10.6 Å². The van der Waals surface area contributed by atoms with Gasteiger partial charge in [0, 0.05) is 26.3 Å². The Kier molecular flexibility index (Phi) is 7.28. The molecule has 140 valence electrons. The van der Waals surface area contributed by atoms with E-state index in [1.165, 1.54) is 16.3 Å². The van der Waals surface area contributed by atoms with Gasteiger partial charge in [-0.3, -0.25) is 0 Å². The maximum absolute atomic E-state index is 5.80. The van der Waals surface area contributed by atoms with E-state index >= 15 is 0 Å². The normalized spacial score (nSPS) is 17.6. The average Bonchev–Trinajstić information content (AvgIpc) is 3.19. The van der Waals surface area contributed by atoms with Crippen LogP contribution in [0.2, 0.25) is 0 Å². The number of benzene rings is 2. The second kappa shape index (κ2) is 10.1. The summed E-state index contributed by atoms with van der Waals surface area (Å²) in [6, 6.07) is 14.8. The lowest BCUT2D eigenvalue weighted by molar-refractivity contribution is 0.0420. The molecule has 1 atom stereocenters. The second-order valence-corrected chi connectivity index (χ2v) is 6.47. The Morgan fingerprint density at radius 2 is 2.08 bits per heavy atom. The molecule has 5 heteroatoms. The zero-order valence-corrected chi connectivity index (χ0v) is 15.5. The first-order chi connectivity index (χ1) is 12.9. The van der Waals surface area contributed by atoms with Gasteiger partial charge in [0.1, 0.15) is 0 Å².